The lowest BCUT2D eigenvalue weighted by molar-refractivity contribution is 0.154. The Hall–Kier alpha value is -0.660. The summed E-state index contributed by atoms with van der Waals surface area (Å²) in [6, 6.07) is 8.75. The van der Waals surface area contributed by atoms with Crippen LogP contribution in [0.15, 0.2) is 35.2 Å². The Bertz CT molecular complexity index is 568. The van der Waals surface area contributed by atoms with Crippen molar-refractivity contribution in [2.24, 2.45) is 5.92 Å². The van der Waals surface area contributed by atoms with Crippen LogP contribution < -0.4 is 5.32 Å². The van der Waals surface area contributed by atoms with Gasteiger partial charge in [0.1, 0.15) is 0 Å². The second-order valence-corrected chi connectivity index (χ2v) is 8.17. The Morgan fingerprint density at radius 3 is 2.39 bits per heavy atom. The molecule has 2 fully saturated rings. The lowest BCUT2D eigenvalue weighted by Gasteiger charge is -2.36. The van der Waals surface area contributed by atoms with Gasteiger partial charge >= 0.3 is 0 Å². The van der Waals surface area contributed by atoms with Gasteiger partial charge < -0.3 is 10.2 Å². The first-order valence-corrected chi connectivity index (χ1v) is 9.58. The highest BCUT2D eigenvalue weighted by molar-refractivity contribution is 7.89. The largest absolute Gasteiger partial charge is 0.316 e. The summed E-state index contributed by atoms with van der Waals surface area (Å²) in [5, 5.41) is 3.45. The number of nitrogens with one attached hydrogen (secondary N) is 1. The molecule has 0 radical (unpaired) electrons. The Labute approximate surface area is 145 Å². The first-order chi connectivity index (χ1) is 10.7. The predicted octanol–water partition coefficient (Wildman–Crippen LogP) is 1.41. The highest BCUT2D eigenvalue weighted by atomic mass is 35.5. The van der Waals surface area contributed by atoms with Crippen LogP contribution in [0.1, 0.15) is 12.8 Å². The van der Waals surface area contributed by atoms with Gasteiger partial charge in [0.15, 0.2) is 0 Å². The molecule has 1 unspecified atom stereocenters. The first-order valence-electron chi connectivity index (χ1n) is 8.14. The number of hydrogen-bond acceptors (Lipinski definition) is 4. The molecule has 23 heavy (non-hydrogen) atoms. The average molecular weight is 360 g/mol. The summed E-state index contributed by atoms with van der Waals surface area (Å²) >= 11 is 0. The number of sulfonamides is 1. The van der Waals surface area contributed by atoms with E-state index in [1.54, 1.807) is 28.6 Å². The standard InChI is InChI=1S/C16H25N3O2S.ClH/c20-22(21,16-6-2-1-3-7-16)19-11-9-18(10-12-19)14-15-5-4-8-17-13-15;/h1-3,6-7,15,17H,4-5,8-14H2;1H. The SMILES string of the molecule is Cl.O=S(=O)(c1ccccc1)N1CCN(CC2CCCNC2)CC1. The average Bonchev–Trinajstić information content (AvgIpc) is 2.57. The maximum atomic E-state index is 12.6. The topological polar surface area (TPSA) is 52.7 Å². The molecule has 1 atom stereocenters. The minimum atomic E-state index is -3.32. The zero-order valence-corrected chi connectivity index (χ0v) is 15.0. The molecule has 2 aliphatic rings. The van der Waals surface area contributed by atoms with Gasteiger partial charge in [-0.25, -0.2) is 8.42 Å². The van der Waals surface area contributed by atoms with E-state index >= 15 is 0 Å². The molecule has 3 rings (SSSR count). The second kappa shape index (κ2) is 8.44. The zero-order valence-electron chi connectivity index (χ0n) is 13.4. The summed E-state index contributed by atoms with van der Waals surface area (Å²) in [6.45, 7) is 6.19. The van der Waals surface area contributed by atoms with E-state index in [1.807, 2.05) is 6.07 Å². The smallest absolute Gasteiger partial charge is 0.243 e. The molecule has 0 saturated carbocycles. The van der Waals surface area contributed by atoms with E-state index in [-0.39, 0.29) is 12.4 Å². The van der Waals surface area contributed by atoms with Crippen molar-refractivity contribution < 1.29 is 8.42 Å². The lowest BCUT2D eigenvalue weighted by Crippen LogP contribution is -2.50. The summed E-state index contributed by atoms with van der Waals surface area (Å²) in [5.41, 5.74) is 0. The highest BCUT2D eigenvalue weighted by Gasteiger charge is 2.29. The summed E-state index contributed by atoms with van der Waals surface area (Å²) in [5.74, 6) is 0.714. The lowest BCUT2D eigenvalue weighted by atomic mass is 9.99. The van der Waals surface area contributed by atoms with Crippen molar-refractivity contribution in [3.63, 3.8) is 0 Å². The van der Waals surface area contributed by atoms with E-state index < -0.39 is 10.0 Å². The predicted molar refractivity (Wildman–Crippen MR) is 94.5 cm³/mol. The molecule has 0 aromatic heterocycles. The summed E-state index contributed by atoms with van der Waals surface area (Å²) in [6.07, 6.45) is 2.54. The van der Waals surface area contributed by atoms with Gasteiger partial charge in [-0.15, -0.1) is 12.4 Å². The molecule has 2 saturated heterocycles. The van der Waals surface area contributed by atoms with Gasteiger partial charge in [0.25, 0.3) is 0 Å². The Kier molecular flexibility index (Phi) is 6.85. The third-order valence-electron chi connectivity index (χ3n) is 4.63. The summed E-state index contributed by atoms with van der Waals surface area (Å²) in [4.78, 5) is 2.81. The van der Waals surface area contributed by atoms with Crippen LogP contribution in [-0.2, 0) is 10.0 Å². The molecule has 0 amide bonds. The van der Waals surface area contributed by atoms with E-state index in [9.17, 15) is 8.42 Å². The fourth-order valence-electron chi connectivity index (χ4n) is 3.34. The molecule has 130 valence electrons. The Morgan fingerprint density at radius 1 is 1.09 bits per heavy atom. The van der Waals surface area contributed by atoms with Crippen LogP contribution in [-0.4, -0.2) is 63.4 Å². The van der Waals surface area contributed by atoms with Crippen LogP contribution in [0, 0.1) is 5.92 Å². The summed E-state index contributed by atoms with van der Waals surface area (Å²) < 4.78 is 26.8. The van der Waals surface area contributed by atoms with Crippen molar-refractivity contribution in [3.05, 3.63) is 30.3 Å². The number of benzene rings is 1. The third kappa shape index (κ3) is 4.67. The van der Waals surface area contributed by atoms with Gasteiger partial charge in [-0.3, -0.25) is 0 Å². The van der Waals surface area contributed by atoms with E-state index in [4.69, 9.17) is 0 Å². The van der Waals surface area contributed by atoms with E-state index in [0.717, 1.165) is 32.7 Å². The van der Waals surface area contributed by atoms with Gasteiger partial charge in [-0.2, -0.15) is 4.31 Å². The van der Waals surface area contributed by atoms with Gasteiger partial charge in [0.05, 0.1) is 4.90 Å². The van der Waals surface area contributed by atoms with Gasteiger partial charge in [0, 0.05) is 32.7 Å². The Balaban J connectivity index is 0.00000192. The molecule has 2 aliphatic heterocycles. The number of hydrogen-bond donors (Lipinski definition) is 1. The molecule has 0 aliphatic carbocycles. The maximum Gasteiger partial charge on any atom is 0.243 e. The number of rotatable bonds is 4. The van der Waals surface area contributed by atoms with Crippen molar-refractivity contribution in [2.45, 2.75) is 17.7 Å². The van der Waals surface area contributed by atoms with Crippen LogP contribution >= 0.6 is 12.4 Å². The van der Waals surface area contributed by atoms with E-state index in [1.165, 1.54) is 12.8 Å². The van der Waals surface area contributed by atoms with Crippen LogP contribution in [0.2, 0.25) is 0 Å². The molecular formula is C16H26ClN3O2S. The molecular weight excluding hydrogens is 334 g/mol. The third-order valence-corrected chi connectivity index (χ3v) is 6.54. The minimum Gasteiger partial charge on any atom is -0.316 e. The molecule has 0 bridgehead atoms. The first kappa shape index (κ1) is 18.7. The van der Waals surface area contributed by atoms with Crippen LogP contribution in [0.25, 0.3) is 0 Å². The molecule has 2 heterocycles. The number of piperidine rings is 1. The fraction of sp³-hybridized carbons (Fsp3) is 0.625. The van der Waals surface area contributed by atoms with Gasteiger partial charge in [-0.1, -0.05) is 18.2 Å². The fourth-order valence-corrected chi connectivity index (χ4v) is 4.78. The molecule has 7 heteroatoms. The van der Waals surface area contributed by atoms with Crippen molar-refractivity contribution in [1.82, 2.24) is 14.5 Å². The van der Waals surface area contributed by atoms with Crippen LogP contribution in [0.3, 0.4) is 0 Å². The van der Waals surface area contributed by atoms with Gasteiger partial charge in [-0.05, 0) is 44.0 Å². The molecule has 1 aromatic carbocycles. The molecule has 0 spiro atoms. The summed E-state index contributed by atoms with van der Waals surface area (Å²) in [7, 11) is -3.32. The van der Waals surface area contributed by atoms with Crippen LogP contribution in [0.4, 0.5) is 0 Å². The van der Waals surface area contributed by atoms with Crippen LogP contribution in [0.5, 0.6) is 0 Å². The Morgan fingerprint density at radius 2 is 1.78 bits per heavy atom. The van der Waals surface area contributed by atoms with E-state index in [0.29, 0.717) is 23.9 Å². The maximum absolute atomic E-state index is 12.6. The van der Waals surface area contributed by atoms with Crippen molar-refractivity contribution >= 4 is 22.4 Å². The van der Waals surface area contributed by atoms with Crippen molar-refractivity contribution in [1.29, 1.82) is 0 Å². The number of halogens is 1. The number of nitrogens with zero attached hydrogens (tertiary/aromatic N) is 2. The molecule has 1 N–H and O–H groups in total. The zero-order chi connectivity index (χ0) is 15.4. The molecule has 5 nitrogen and oxygen atoms in total. The normalized spacial score (nSPS) is 24.1. The second-order valence-electron chi connectivity index (χ2n) is 6.23. The minimum absolute atomic E-state index is 0. The van der Waals surface area contributed by atoms with Crippen molar-refractivity contribution in [3.8, 4) is 0 Å². The van der Waals surface area contributed by atoms with Gasteiger partial charge in [0.2, 0.25) is 10.0 Å². The number of piperazine rings is 1. The quantitative estimate of drug-likeness (QED) is 0.883. The van der Waals surface area contributed by atoms with Crippen molar-refractivity contribution in [2.75, 3.05) is 45.8 Å². The van der Waals surface area contributed by atoms with E-state index in [2.05, 4.69) is 10.2 Å². The molecule has 1 aromatic rings. The monoisotopic (exact) mass is 359 g/mol. The highest BCUT2D eigenvalue weighted by Crippen LogP contribution is 2.18.